The van der Waals surface area contributed by atoms with Gasteiger partial charge in [0.15, 0.2) is 5.69 Å². The number of nitrogens with zero attached hydrogens (tertiary/aromatic N) is 5. The molecule has 0 spiro atoms. The quantitative estimate of drug-likeness (QED) is 0.577. The van der Waals surface area contributed by atoms with Crippen LogP contribution in [0.15, 0.2) is 24.3 Å². The minimum Gasteiger partial charge on any atom is -0.495 e. The minimum atomic E-state index is -4.54. The number of aromatic nitrogens is 4. The van der Waals surface area contributed by atoms with E-state index in [9.17, 15) is 18.0 Å². The van der Waals surface area contributed by atoms with Crippen molar-refractivity contribution in [2.75, 3.05) is 13.7 Å². The molecule has 2 aromatic heterocycles. The van der Waals surface area contributed by atoms with Crippen molar-refractivity contribution in [3.05, 3.63) is 51.8 Å². The van der Waals surface area contributed by atoms with Crippen LogP contribution in [0.1, 0.15) is 40.3 Å². The van der Waals surface area contributed by atoms with Crippen molar-refractivity contribution in [3.63, 3.8) is 0 Å². The van der Waals surface area contributed by atoms with Gasteiger partial charge in [0, 0.05) is 26.2 Å². The van der Waals surface area contributed by atoms with Crippen molar-refractivity contribution in [1.29, 1.82) is 0 Å². The van der Waals surface area contributed by atoms with Crippen LogP contribution in [0.2, 0.25) is 5.02 Å². The van der Waals surface area contributed by atoms with Gasteiger partial charge >= 0.3 is 6.18 Å². The lowest BCUT2D eigenvalue weighted by atomic mass is 9.96. The summed E-state index contributed by atoms with van der Waals surface area (Å²) in [5, 5.41) is 8.39. The van der Waals surface area contributed by atoms with Crippen molar-refractivity contribution in [3.8, 4) is 17.1 Å². The maximum Gasteiger partial charge on any atom is 0.435 e. The third-order valence-electron chi connectivity index (χ3n) is 5.73. The third-order valence-corrected chi connectivity index (χ3v) is 6.12. The Kier molecular flexibility index (Phi) is 5.44. The van der Waals surface area contributed by atoms with Crippen LogP contribution in [-0.4, -0.2) is 44.0 Å². The average Bonchev–Trinajstić information content (AvgIpc) is 3.27. The van der Waals surface area contributed by atoms with Crippen LogP contribution < -0.4 is 4.74 Å². The number of halogens is 4. The van der Waals surface area contributed by atoms with Gasteiger partial charge in [0.2, 0.25) is 0 Å². The second-order valence-electron chi connectivity index (χ2n) is 7.62. The van der Waals surface area contributed by atoms with Crippen molar-refractivity contribution in [1.82, 2.24) is 24.5 Å². The van der Waals surface area contributed by atoms with E-state index >= 15 is 0 Å². The van der Waals surface area contributed by atoms with Gasteiger partial charge in [-0.05, 0) is 31.5 Å². The highest BCUT2D eigenvalue weighted by Crippen LogP contribution is 2.39. The SMILES string of the molecule is COc1cccc(C(=O)N2CCc3c(nn(C)c3-c3cc(C(F)(F)F)nn3C)C2C)c1Cl. The number of benzene rings is 1. The van der Waals surface area contributed by atoms with Crippen LogP contribution in [0.4, 0.5) is 13.2 Å². The van der Waals surface area contributed by atoms with Gasteiger partial charge in [-0.3, -0.25) is 14.2 Å². The first-order chi connectivity index (χ1) is 15.0. The number of amides is 1. The Morgan fingerprint density at radius 1 is 1.22 bits per heavy atom. The molecule has 1 aliphatic heterocycles. The molecule has 0 bridgehead atoms. The molecule has 3 aromatic rings. The predicted octanol–water partition coefficient (Wildman–Crippen LogP) is 4.26. The molecule has 0 radical (unpaired) electrons. The van der Waals surface area contributed by atoms with Crippen molar-refractivity contribution < 1.29 is 22.7 Å². The summed E-state index contributed by atoms with van der Waals surface area (Å²) in [5.41, 5.74) is 1.67. The summed E-state index contributed by atoms with van der Waals surface area (Å²) in [6.45, 7) is 2.20. The molecule has 1 aromatic carbocycles. The summed E-state index contributed by atoms with van der Waals surface area (Å²) in [5.74, 6) is 0.138. The van der Waals surface area contributed by atoms with Gasteiger partial charge in [-0.25, -0.2) is 0 Å². The number of carbonyl (C=O) groups is 1. The first-order valence-electron chi connectivity index (χ1n) is 9.85. The summed E-state index contributed by atoms with van der Waals surface area (Å²) in [6, 6.07) is 5.62. The van der Waals surface area contributed by atoms with Crippen LogP contribution in [0.5, 0.6) is 5.75 Å². The molecule has 0 saturated carbocycles. The van der Waals surface area contributed by atoms with Crippen LogP contribution >= 0.6 is 11.6 Å². The molecule has 0 saturated heterocycles. The van der Waals surface area contributed by atoms with E-state index in [1.165, 1.54) is 18.8 Å². The molecule has 1 aliphatic rings. The zero-order chi connectivity index (χ0) is 23.4. The van der Waals surface area contributed by atoms with Crippen LogP contribution in [0, 0.1) is 0 Å². The van der Waals surface area contributed by atoms with Gasteiger partial charge in [-0.2, -0.15) is 23.4 Å². The average molecular weight is 468 g/mol. The highest BCUT2D eigenvalue weighted by atomic mass is 35.5. The topological polar surface area (TPSA) is 65.2 Å². The van der Waals surface area contributed by atoms with Gasteiger partial charge in [-0.15, -0.1) is 0 Å². The highest BCUT2D eigenvalue weighted by molar-refractivity contribution is 6.35. The molecular formula is C21H21ClF3N5O2. The van der Waals surface area contributed by atoms with E-state index in [1.54, 1.807) is 34.8 Å². The predicted molar refractivity (Wildman–Crippen MR) is 112 cm³/mol. The van der Waals surface area contributed by atoms with Crippen LogP contribution in [-0.2, 0) is 26.7 Å². The largest absolute Gasteiger partial charge is 0.495 e. The minimum absolute atomic E-state index is 0.231. The van der Waals surface area contributed by atoms with E-state index in [2.05, 4.69) is 10.2 Å². The summed E-state index contributed by atoms with van der Waals surface area (Å²) in [4.78, 5) is 14.9. The van der Waals surface area contributed by atoms with E-state index in [4.69, 9.17) is 16.3 Å². The van der Waals surface area contributed by atoms with Gasteiger partial charge < -0.3 is 9.64 Å². The first kappa shape index (κ1) is 22.2. The molecule has 0 N–H and O–H groups in total. The number of carbonyl (C=O) groups excluding carboxylic acids is 1. The Labute approximate surface area is 187 Å². The molecule has 1 atom stereocenters. The number of aryl methyl sites for hydroxylation is 2. The molecule has 4 rings (SSSR count). The number of ether oxygens (including phenoxy) is 1. The maximum absolute atomic E-state index is 13.3. The Morgan fingerprint density at radius 2 is 1.94 bits per heavy atom. The molecule has 32 heavy (non-hydrogen) atoms. The summed E-state index contributed by atoms with van der Waals surface area (Å²) >= 11 is 6.34. The Bertz CT molecular complexity index is 1200. The number of hydrogen-bond donors (Lipinski definition) is 0. The smallest absolute Gasteiger partial charge is 0.435 e. The normalized spacial score (nSPS) is 16.2. The molecule has 7 nitrogen and oxygen atoms in total. The Morgan fingerprint density at radius 3 is 2.56 bits per heavy atom. The lowest BCUT2D eigenvalue weighted by Crippen LogP contribution is -2.39. The molecule has 11 heteroatoms. The highest BCUT2D eigenvalue weighted by Gasteiger charge is 2.38. The molecule has 1 amide bonds. The van der Waals surface area contributed by atoms with Gasteiger partial charge in [0.05, 0.1) is 40.8 Å². The second kappa shape index (κ2) is 7.84. The molecule has 0 fully saturated rings. The zero-order valence-electron chi connectivity index (χ0n) is 17.9. The third kappa shape index (κ3) is 3.52. The fraction of sp³-hybridized carbons (Fsp3) is 0.381. The zero-order valence-corrected chi connectivity index (χ0v) is 18.6. The van der Waals surface area contributed by atoms with E-state index in [-0.39, 0.29) is 10.9 Å². The lowest BCUT2D eigenvalue weighted by Gasteiger charge is -2.33. The Hall–Kier alpha value is -3.01. The number of fused-ring (bicyclic) bond motifs is 1. The van der Waals surface area contributed by atoms with Gasteiger partial charge in [0.25, 0.3) is 5.91 Å². The van der Waals surface area contributed by atoms with Crippen molar-refractivity contribution in [2.24, 2.45) is 14.1 Å². The van der Waals surface area contributed by atoms with Crippen LogP contribution in [0.25, 0.3) is 11.4 Å². The summed E-state index contributed by atoms with van der Waals surface area (Å²) in [6.07, 6.45) is -4.11. The lowest BCUT2D eigenvalue weighted by molar-refractivity contribution is -0.141. The first-order valence-corrected chi connectivity index (χ1v) is 10.2. The van der Waals surface area contributed by atoms with Crippen molar-refractivity contribution in [2.45, 2.75) is 25.6 Å². The summed E-state index contributed by atoms with van der Waals surface area (Å²) < 4.78 is 47.4. The second-order valence-corrected chi connectivity index (χ2v) is 8.00. The van der Waals surface area contributed by atoms with Gasteiger partial charge in [-0.1, -0.05) is 17.7 Å². The van der Waals surface area contributed by atoms with Gasteiger partial charge in [0.1, 0.15) is 5.75 Å². The maximum atomic E-state index is 13.3. The molecule has 0 aliphatic carbocycles. The van der Waals surface area contributed by atoms with E-state index in [1.807, 2.05) is 6.92 Å². The molecule has 170 valence electrons. The summed E-state index contributed by atoms with van der Waals surface area (Å²) in [7, 11) is 4.62. The van der Waals surface area contributed by atoms with E-state index in [0.29, 0.717) is 41.4 Å². The molecule has 3 heterocycles. The number of methoxy groups -OCH3 is 1. The Balaban J connectivity index is 1.71. The van der Waals surface area contributed by atoms with E-state index < -0.39 is 17.9 Å². The standard InChI is InChI=1S/C21H21ClF3N5O2/c1-11-18-13(8-9-30(11)20(31)12-6-5-7-15(32-4)17(12)22)19(29(3)27-18)14-10-16(21(23,24)25)26-28(14)2/h5-7,10-11H,8-9H2,1-4H3. The van der Waals surface area contributed by atoms with Crippen molar-refractivity contribution >= 4 is 17.5 Å². The molecule has 1 unspecified atom stereocenters. The van der Waals surface area contributed by atoms with Crippen LogP contribution in [0.3, 0.4) is 0 Å². The van der Waals surface area contributed by atoms with E-state index in [0.717, 1.165) is 11.6 Å². The fourth-order valence-electron chi connectivity index (χ4n) is 4.16. The number of alkyl halides is 3. The number of rotatable bonds is 3. The number of hydrogen-bond acceptors (Lipinski definition) is 4. The fourth-order valence-corrected chi connectivity index (χ4v) is 4.44. The molecular weight excluding hydrogens is 447 g/mol. The monoisotopic (exact) mass is 467 g/mol.